The quantitative estimate of drug-likeness (QED) is 0.824. The van der Waals surface area contributed by atoms with Gasteiger partial charge in [0.05, 0.1) is 6.54 Å². The topological polar surface area (TPSA) is 63.5 Å². The van der Waals surface area contributed by atoms with Gasteiger partial charge in [0, 0.05) is 32.7 Å². The zero-order chi connectivity index (χ0) is 17.1. The fourth-order valence-electron chi connectivity index (χ4n) is 3.49. The SMILES string of the molecule is O=C(C1CCc2ccccc2O1)N1CCN(CCn2cncn2)CC1. The standard InChI is InChI=1S/C18H23N5O2/c24-18(17-6-5-15-3-1-2-4-16(15)25-17)22-10-7-21(8-11-22)9-12-23-14-19-13-20-23/h1-4,13-14,17H,5-12H2. The van der Waals surface area contributed by atoms with E-state index in [4.69, 9.17) is 4.74 Å². The van der Waals surface area contributed by atoms with Crippen LogP contribution in [0.5, 0.6) is 5.75 Å². The lowest BCUT2D eigenvalue weighted by atomic mass is 10.0. The molecular formula is C18H23N5O2. The Kier molecular flexibility index (Phi) is 4.65. The van der Waals surface area contributed by atoms with Gasteiger partial charge in [-0.05, 0) is 24.5 Å². The Labute approximate surface area is 147 Å². The number of piperazine rings is 1. The monoisotopic (exact) mass is 341 g/mol. The summed E-state index contributed by atoms with van der Waals surface area (Å²) in [6.07, 6.45) is 4.63. The normalized spacial score (nSPS) is 20.8. The van der Waals surface area contributed by atoms with Gasteiger partial charge in [-0.15, -0.1) is 0 Å². The van der Waals surface area contributed by atoms with E-state index in [0.717, 1.165) is 57.9 Å². The molecule has 4 rings (SSSR count). The molecule has 0 saturated carbocycles. The minimum Gasteiger partial charge on any atom is -0.480 e. The Hall–Kier alpha value is -2.41. The van der Waals surface area contributed by atoms with Gasteiger partial charge in [-0.1, -0.05) is 18.2 Å². The summed E-state index contributed by atoms with van der Waals surface area (Å²) in [5.41, 5.74) is 1.20. The molecule has 2 aromatic rings. The number of hydrogen-bond donors (Lipinski definition) is 0. The van der Waals surface area contributed by atoms with Crippen molar-refractivity contribution in [1.82, 2.24) is 24.6 Å². The molecule has 3 heterocycles. The Morgan fingerprint density at radius 3 is 2.80 bits per heavy atom. The molecule has 0 N–H and O–H groups in total. The Bertz CT molecular complexity index is 710. The van der Waals surface area contributed by atoms with E-state index >= 15 is 0 Å². The van der Waals surface area contributed by atoms with Gasteiger partial charge in [0.2, 0.25) is 0 Å². The molecule has 1 amide bonds. The van der Waals surface area contributed by atoms with Gasteiger partial charge in [-0.2, -0.15) is 5.10 Å². The summed E-state index contributed by atoms with van der Waals surface area (Å²) in [5.74, 6) is 0.990. The number of aromatic nitrogens is 3. The number of ether oxygens (including phenoxy) is 1. The van der Waals surface area contributed by atoms with E-state index in [-0.39, 0.29) is 12.0 Å². The summed E-state index contributed by atoms with van der Waals surface area (Å²) in [4.78, 5) is 21.0. The number of hydrogen-bond acceptors (Lipinski definition) is 5. The highest BCUT2D eigenvalue weighted by atomic mass is 16.5. The first-order valence-electron chi connectivity index (χ1n) is 8.88. The minimum atomic E-state index is -0.336. The highest BCUT2D eigenvalue weighted by Crippen LogP contribution is 2.27. The van der Waals surface area contributed by atoms with Crippen LogP contribution in [0.1, 0.15) is 12.0 Å². The van der Waals surface area contributed by atoms with Crippen LogP contribution in [0.25, 0.3) is 0 Å². The number of aryl methyl sites for hydroxylation is 1. The average Bonchev–Trinajstić information content (AvgIpc) is 3.19. The predicted molar refractivity (Wildman–Crippen MR) is 92.2 cm³/mol. The molecule has 0 spiro atoms. The molecule has 25 heavy (non-hydrogen) atoms. The number of benzene rings is 1. The van der Waals surface area contributed by atoms with E-state index in [1.165, 1.54) is 5.56 Å². The van der Waals surface area contributed by atoms with E-state index in [9.17, 15) is 4.79 Å². The summed E-state index contributed by atoms with van der Waals surface area (Å²) in [5, 5.41) is 4.12. The second-order valence-corrected chi connectivity index (χ2v) is 6.58. The van der Waals surface area contributed by atoms with Crippen molar-refractivity contribution in [2.24, 2.45) is 0 Å². The second kappa shape index (κ2) is 7.23. The van der Waals surface area contributed by atoms with Gasteiger partial charge in [0.25, 0.3) is 5.91 Å². The van der Waals surface area contributed by atoms with Crippen LogP contribution in [0.2, 0.25) is 0 Å². The van der Waals surface area contributed by atoms with Crippen LogP contribution in [0.4, 0.5) is 0 Å². The zero-order valence-electron chi connectivity index (χ0n) is 14.3. The van der Waals surface area contributed by atoms with Gasteiger partial charge in [0.1, 0.15) is 18.4 Å². The van der Waals surface area contributed by atoms with Crippen LogP contribution >= 0.6 is 0 Å². The molecule has 1 unspecified atom stereocenters. The predicted octanol–water partition coefficient (Wildman–Crippen LogP) is 0.816. The van der Waals surface area contributed by atoms with Crippen LogP contribution in [0.15, 0.2) is 36.9 Å². The maximum Gasteiger partial charge on any atom is 0.263 e. The molecule has 1 saturated heterocycles. The Balaban J connectivity index is 1.27. The lowest BCUT2D eigenvalue weighted by Crippen LogP contribution is -2.53. The number of para-hydroxylation sites is 1. The van der Waals surface area contributed by atoms with Crippen LogP contribution in [-0.2, 0) is 17.8 Å². The number of carbonyl (C=O) groups is 1. The van der Waals surface area contributed by atoms with Gasteiger partial charge >= 0.3 is 0 Å². The lowest BCUT2D eigenvalue weighted by molar-refractivity contribution is -0.141. The third-order valence-corrected chi connectivity index (χ3v) is 4.99. The Morgan fingerprint density at radius 2 is 2.00 bits per heavy atom. The second-order valence-electron chi connectivity index (χ2n) is 6.58. The van der Waals surface area contributed by atoms with Gasteiger partial charge in [-0.3, -0.25) is 14.4 Å². The maximum absolute atomic E-state index is 12.8. The van der Waals surface area contributed by atoms with Crippen molar-refractivity contribution in [2.75, 3.05) is 32.7 Å². The van der Waals surface area contributed by atoms with Crippen LogP contribution in [-0.4, -0.2) is 69.3 Å². The number of rotatable bonds is 4. The molecule has 2 aliphatic rings. The maximum atomic E-state index is 12.8. The molecule has 7 heteroatoms. The molecule has 2 aliphatic heterocycles. The van der Waals surface area contributed by atoms with Gasteiger partial charge in [-0.25, -0.2) is 4.98 Å². The van der Waals surface area contributed by atoms with Crippen LogP contribution in [0.3, 0.4) is 0 Å². The molecule has 1 fully saturated rings. The minimum absolute atomic E-state index is 0.130. The fraction of sp³-hybridized carbons (Fsp3) is 0.500. The van der Waals surface area contributed by atoms with Crippen molar-refractivity contribution >= 4 is 5.91 Å². The van der Waals surface area contributed by atoms with Crippen molar-refractivity contribution in [3.05, 3.63) is 42.5 Å². The molecule has 132 valence electrons. The highest BCUT2D eigenvalue weighted by Gasteiger charge is 2.31. The molecular weight excluding hydrogens is 318 g/mol. The number of amides is 1. The van der Waals surface area contributed by atoms with Crippen molar-refractivity contribution in [3.63, 3.8) is 0 Å². The molecule has 1 aromatic heterocycles. The lowest BCUT2D eigenvalue weighted by Gasteiger charge is -2.37. The largest absolute Gasteiger partial charge is 0.480 e. The van der Waals surface area contributed by atoms with Crippen LogP contribution < -0.4 is 4.74 Å². The molecule has 0 aliphatic carbocycles. The zero-order valence-corrected chi connectivity index (χ0v) is 14.3. The summed E-state index contributed by atoms with van der Waals surface area (Å²) < 4.78 is 7.79. The Morgan fingerprint density at radius 1 is 1.16 bits per heavy atom. The molecule has 7 nitrogen and oxygen atoms in total. The smallest absolute Gasteiger partial charge is 0.263 e. The third kappa shape index (κ3) is 3.66. The van der Waals surface area contributed by atoms with E-state index in [2.05, 4.69) is 21.0 Å². The van der Waals surface area contributed by atoms with Crippen molar-refractivity contribution in [2.45, 2.75) is 25.5 Å². The molecule has 1 atom stereocenters. The highest BCUT2D eigenvalue weighted by molar-refractivity contribution is 5.81. The van der Waals surface area contributed by atoms with Gasteiger partial charge in [0.15, 0.2) is 6.10 Å². The van der Waals surface area contributed by atoms with Crippen molar-refractivity contribution < 1.29 is 9.53 Å². The first-order valence-corrected chi connectivity index (χ1v) is 8.88. The summed E-state index contributed by atoms with van der Waals surface area (Å²) >= 11 is 0. The molecule has 1 aromatic carbocycles. The molecule has 0 radical (unpaired) electrons. The summed E-state index contributed by atoms with van der Waals surface area (Å²) in [7, 11) is 0. The van der Waals surface area contributed by atoms with E-state index in [1.807, 2.05) is 27.8 Å². The third-order valence-electron chi connectivity index (χ3n) is 4.99. The van der Waals surface area contributed by atoms with E-state index in [0.29, 0.717) is 0 Å². The summed E-state index contributed by atoms with van der Waals surface area (Å²) in [6.45, 7) is 5.07. The molecule has 0 bridgehead atoms. The number of nitrogens with zero attached hydrogens (tertiary/aromatic N) is 5. The van der Waals surface area contributed by atoms with Crippen molar-refractivity contribution in [3.8, 4) is 5.75 Å². The van der Waals surface area contributed by atoms with E-state index < -0.39 is 0 Å². The first-order chi connectivity index (χ1) is 12.3. The summed E-state index contributed by atoms with van der Waals surface area (Å²) in [6, 6.07) is 8.00. The van der Waals surface area contributed by atoms with Crippen molar-refractivity contribution in [1.29, 1.82) is 0 Å². The van der Waals surface area contributed by atoms with Crippen LogP contribution in [0, 0.1) is 0 Å². The van der Waals surface area contributed by atoms with Gasteiger partial charge < -0.3 is 9.64 Å². The average molecular weight is 341 g/mol. The number of fused-ring (bicyclic) bond motifs is 1. The first kappa shape index (κ1) is 16.1. The number of carbonyl (C=O) groups excluding carboxylic acids is 1. The fourth-order valence-corrected chi connectivity index (χ4v) is 3.49. The van der Waals surface area contributed by atoms with E-state index in [1.54, 1.807) is 12.7 Å².